The van der Waals surface area contributed by atoms with Gasteiger partial charge < -0.3 is 4.40 Å². The summed E-state index contributed by atoms with van der Waals surface area (Å²) in [7, 11) is 0. The Morgan fingerprint density at radius 1 is 0.962 bits per heavy atom. The van der Waals surface area contributed by atoms with Crippen molar-refractivity contribution in [2.45, 2.75) is 33.4 Å². The third kappa shape index (κ3) is 2.63. The molecule has 1 aromatic carbocycles. The first-order chi connectivity index (χ1) is 12.4. The van der Waals surface area contributed by atoms with Gasteiger partial charge in [-0.05, 0) is 44.5 Å². The molecule has 2 aromatic heterocycles. The average Bonchev–Trinajstić information content (AvgIpc) is 3.10. The lowest BCUT2D eigenvalue weighted by Crippen LogP contribution is -2.33. The molecule has 0 N–H and O–H groups in total. The summed E-state index contributed by atoms with van der Waals surface area (Å²) in [6.45, 7) is 5.92. The fourth-order valence-corrected chi connectivity index (χ4v) is 3.30. The Kier molecular flexibility index (Phi) is 3.76. The number of aryl methyl sites for hydroxylation is 2. The fraction of sp³-hybridized carbons (Fsp3) is 0.250. The number of hydrogen-bond donors (Lipinski definition) is 0. The van der Waals surface area contributed by atoms with Crippen LogP contribution in [0, 0.1) is 13.8 Å². The van der Waals surface area contributed by atoms with E-state index in [2.05, 4.69) is 4.98 Å². The van der Waals surface area contributed by atoms with Crippen molar-refractivity contribution >= 4 is 23.3 Å². The maximum atomic E-state index is 12.9. The molecule has 0 aliphatic carbocycles. The number of benzene rings is 1. The van der Waals surface area contributed by atoms with Crippen LogP contribution in [-0.4, -0.2) is 32.3 Å². The Morgan fingerprint density at radius 3 is 2.38 bits per heavy atom. The number of hydrogen-bond acceptors (Lipinski definition) is 3. The Morgan fingerprint density at radius 2 is 1.65 bits per heavy atom. The molecule has 0 radical (unpaired) electrons. The van der Waals surface area contributed by atoms with Crippen molar-refractivity contribution < 1.29 is 9.59 Å². The Bertz CT molecular complexity index is 1010. The van der Waals surface area contributed by atoms with E-state index in [1.54, 1.807) is 11.8 Å². The SMILES string of the molecule is Cc1ccc(N2C(=O)N(Cc3cn4cc(C)ccc4n3)C(=O)C2C)cc1. The van der Waals surface area contributed by atoms with Crippen molar-refractivity contribution in [3.8, 4) is 0 Å². The summed E-state index contributed by atoms with van der Waals surface area (Å²) in [5.41, 5.74) is 4.45. The number of imide groups is 1. The molecule has 0 spiro atoms. The topological polar surface area (TPSA) is 57.9 Å². The number of imidazole rings is 1. The highest BCUT2D eigenvalue weighted by Gasteiger charge is 2.43. The summed E-state index contributed by atoms with van der Waals surface area (Å²) in [4.78, 5) is 32.9. The number of anilines is 1. The molecule has 6 heteroatoms. The predicted octanol–water partition coefficient (Wildman–Crippen LogP) is 3.31. The van der Waals surface area contributed by atoms with E-state index in [0.717, 1.165) is 22.5 Å². The van der Waals surface area contributed by atoms with Gasteiger partial charge in [0.25, 0.3) is 5.91 Å². The first kappa shape index (κ1) is 16.3. The summed E-state index contributed by atoms with van der Waals surface area (Å²) >= 11 is 0. The van der Waals surface area contributed by atoms with Crippen molar-refractivity contribution in [1.82, 2.24) is 14.3 Å². The van der Waals surface area contributed by atoms with Crippen molar-refractivity contribution in [3.63, 3.8) is 0 Å². The first-order valence-corrected chi connectivity index (χ1v) is 8.59. The molecule has 4 rings (SSSR count). The molecule has 1 aliphatic heterocycles. The molecule has 1 atom stereocenters. The fourth-order valence-electron chi connectivity index (χ4n) is 3.30. The average molecular weight is 348 g/mol. The number of nitrogens with zero attached hydrogens (tertiary/aromatic N) is 4. The molecular weight excluding hydrogens is 328 g/mol. The number of aromatic nitrogens is 2. The summed E-state index contributed by atoms with van der Waals surface area (Å²) in [6.07, 6.45) is 3.84. The van der Waals surface area contributed by atoms with E-state index in [4.69, 9.17) is 0 Å². The maximum Gasteiger partial charge on any atom is 0.332 e. The lowest BCUT2D eigenvalue weighted by Gasteiger charge is -2.19. The molecule has 3 heterocycles. The second-order valence-corrected chi connectivity index (χ2v) is 6.79. The third-order valence-electron chi connectivity index (χ3n) is 4.73. The van der Waals surface area contributed by atoms with Crippen LogP contribution in [0.3, 0.4) is 0 Å². The molecule has 1 fully saturated rings. The van der Waals surface area contributed by atoms with Gasteiger partial charge in [0.15, 0.2) is 0 Å². The second kappa shape index (κ2) is 5.98. The molecule has 26 heavy (non-hydrogen) atoms. The van der Waals surface area contributed by atoms with Gasteiger partial charge in [0, 0.05) is 18.1 Å². The number of amides is 3. The maximum absolute atomic E-state index is 12.9. The minimum Gasteiger partial charge on any atom is -0.306 e. The molecule has 1 aliphatic rings. The van der Waals surface area contributed by atoms with Gasteiger partial charge in [-0.2, -0.15) is 0 Å². The van der Waals surface area contributed by atoms with Gasteiger partial charge in [0.1, 0.15) is 11.7 Å². The Balaban J connectivity index is 1.62. The van der Waals surface area contributed by atoms with Gasteiger partial charge >= 0.3 is 6.03 Å². The van der Waals surface area contributed by atoms with Crippen LogP contribution in [0.5, 0.6) is 0 Å². The van der Waals surface area contributed by atoms with E-state index >= 15 is 0 Å². The number of fused-ring (bicyclic) bond motifs is 1. The molecule has 6 nitrogen and oxygen atoms in total. The Labute approximate surface area is 151 Å². The number of urea groups is 1. The highest BCUT2D eigenvalue weighted by Crippen LogP contribution is 2.27. The normalized spacial score (nSPS) is 17.6. The van der Waals surface area contributed by atoms with E-state index in [9.17, 15) is 9.59 Å². The molecule has 0 bridgehead atoms. The van der Waals surface area contributed by atoms with E-state index in [1.807, 2.05) is 67.0 Å². The zero-order valence-electron chi connectivity index (χ0n) is 15.0. The lowest BCUT2D eigenvalue weighted by atomic mass is 10.2. The minimum atomic E-state index is -0.524. The monoisotopic (exact) mass is 348 g/mol. The largest absolute Gasteiger partial charge is 0.332 e. The van der Waals surface area contributed by atoms with E-state index in [1.165, 1.54) is 4.90 Å². The van der Waals surface area contributed by atoms with Crippen LogP contribution >= 0.6 is 0 Å². The van der Waals surface area contributed by atoms with Crippen molar-refractivity contribution in [2.24, 2.45) is 0 Å². The Hall–Kier alpha value is -3.15. The van der Waals surface area contributed by atoms with Crippen molar-refractivity contribution in [3.05, 3.63) is 65.6 Å². The van der Waals surface area contributed by atoms with Crippen LogP contribution in [0.4, 0.5) is 10.5 Å². The predicted molar refractivity (Wildman–Crippen MR) is 99.0 cm³/mol. The van der Waals surface area contributed by atoms with Crippen molar-refractivity contribution in [2.75, 3.05) is 4.90 Å². The van der Waals surface area contributed by atoms with Gasteiger partial charge in [-0.15, -0.1) is 0 Å². The van der Waals surface area contributed by atoms with Crippen LogP contribution in [0.2, 0.25) is 0 Å². The highest BCUT2D eigenvalue weighted by molar-refractivity contribution is 6.13. The van der Waals surface area contributed by atoms with Gasteiger partial charge in [-0.1, -0.05) is 23.8 Å². The zero-order valence-corrected chi connectivity index (χ0v) is 15.0. The molecule has 1 unspecified atom stereocenters. The summed E-state index contributed by atoms with van der Waals surface area (Å²) in [5.74, 6) is -0.205. The second-order valence-electron chi connectivity index (χ2n) is 6.79. The summed E-state index contributed by atoms with van der Waals surface area (Å²) < 4.78 is 1.91. The molecule has 132 valence electrons. The van der Waals surface area contributed by atoms with Crippen LogP contribution in [0.1, 0.15) is 23.7 Å². The minimum absolute atomic E-state index is 0.172. The number of rotatable bonds is 3. The molecular formula is C20H20N4O2. The van der Waals surface area contributed by atoms with Crippen LogP contribution in [-0.2, 0) is 11.3 Å². The third-order valence-corrected chi connectivity index (χ3v) is 4.73. The molecule has 1 saturated heterocycles. The van der Waals surface area contributed by atoms with Gasteiger partial charge in [0.2, 0.25) is 0 Å². The van der Waals surface area contributed by atoms with E-state index in [-0.39, 0.29) is 18.5 Å². The van der Waals surface area contributed by atoms with Gasteiger partial charge in [-0.3, -0.25) is 14.6 Å². The quantitative estimate of drug-likeness (QED) is 0.682. The van der Waals surface area contributed by atoms with Crippen molar-refractivity contribution in [1.29, 1.82) is 0 Å². The summed E-state index contributed by atoms with van der Waals surface area (Å²) in [6, 6.07) is 10.7. The van der Waals surface area contributed by atoms with Crippen LogP contribution < -0.4 is 4.90 Å². The lowest BCUT2D eigenvalue weighted by molar-refractivity contribution is -0.127. The summed E-state index contributed by atoms with van der Waals surface area (Å²) in [5, 5.41) is 0. The van der Waals surface area contributed by atoms with Crippen LogP contribution in [0.15, 0.2) is 48.8 Å². The standard InChI is InChI=1S/C20H20N4O2/c1-13-4-7-17(8-5-13)24-15(3)19(25)23(20(24)26)12-16-11-22-10-14(2)6-9-18(22)21-16/h4-11,15H,12H2,1-3H3. The first-order valence-electron chi connectivity index (χ1n) is 8.59. The van der Waals surface area contributed by atoms with E-state index < -0.39 is 6.04 Å². The van der Waals surface area contributed by atoms with Gasteiger partial charge in [-0.25, -0.2) is 9.78 Å². The van der Waals surface area contributed by atoms with E-state index in [0.29, 0.717) is 5.69 Å². The number of carbonyl (C=O) groups excluding carboxylic acids is 2. The number of pyridine rings is 1. The smallest absolute Gasteiger partial charge is 0.306 e. The van der Waals surface area contributed by atoms with Gasteiger partial charge in [0.05, 0.1) is 12.2 Å². The highest BCUT2D eigenvalue weighted by atomic mass is 16.2. The molecule has 3 amide bonds. The zero-order chi connectivity index (χ0) is 18.4. The van der Waals surface area contributed by atoms with Crippen LogP contribution in [0.25, 0.3) is 5.65 Å². The molecule has 0 saturated carbocycles. The molecule has 3 aromatic rings. The number of carbonyl (C=O) groups is 2.